The highest BCUT2D eigenvalue weighted by Crippen LogP contribution is 2.29. The minimum Gasteiger partial charge on any atom is -0.354 e. The normalized spacial score (nSPS) is 11.0. The fraction of sp³-hybridized carbons (Fsp3) is 0.143. The molecule has 3 rings (SSSR count). The number of amides is 1. The quantitative estimate of drug-likeness (QED) is 0.208. The number of nitro benzene ring substituents is 1. The number of thioether (sulfide) groups is 1. The van der Waals surface area contributed by atoms with Crippen LogP contribution in [0.2, 0.25) is 0 Å². The Hall–Kier alpha value is -3.44. The molecule has 0 saturated heterocycles. The predicted molar refractivity (Wildman–Crippen MR) is 122 cm³/mol. The van der Waals surface area contributed by atoms with Gasteiger partial charge in [0.2, 0.25) is 5.91 Å². The molecule has 0 aliphatic rings. The molecule has 0 aliphatic heterocycles. The molecular formula is C21H20N4O5S2. The van der Waals surface area contributed by atoms with E-state index in [9.17, 15) is 23.3 Å². The van der Waals surface area contributed by atoms with Gasteiger partial charge in [-0.05, 0) is 30.3 Å². The van der Waals surface area contributed by atoms with Crippen LogP contribution in [0, 0.1) is 10.1 Å². The monoisotopic (exact) mass is 472 g/mol. The van der Waals surface area contributed by atoms with E-state index >= 15 is 0 Å². The maximum atomic E-state index is 13.3. The summed E-state index contributed by atoms with van der Waals surface area (Å²) in [4.78, 5) is 26.9. The van der Waals surface area contributed by atoms with Gasteiger partial charge in [-0.25, -0.2) is 13.4 Å². The van der Waals surface area contributed by atoms with Crippen LogP contribution in [0.4, 0.5) is 11.4 Å². The Morgan fingerprint density at radius 2 is 1.72 bits per heavy atom. The highest BCUT2D eigenvalue weighted by Gasteiger charge is 2.32. The summed E-state index contributed by atoms with van der Waals surface area (Å²) in [5, 5.41) is 14.9. The number of anilines is 1. The average molecular weight is 473 g/mol. The molecule has 1 heterocycles. The third-order valence-corrected chi connectivity index (χ3v) is 7.04. The maximum Gasteiger partial charge on any atom is 0.289 e. The number of para-hydroxylation sites is 2. The lowest BCUT2D eigenvalue weighted by Gasteiger charge is -2.24. The third-order valence-electron chi connectivity index (χ3n) is 4.27. The molecule has 0 saturated carbocycles. The van der Waals surface area contributed by atoms with Crippen molar-refractivity contribution in [2.45, 2.75) is 9.92 Å². The first-order chi connectivity index (χ1) is 15.4. The van der Waals surface area contributed by atoms with Crippen molar-refractivity contribution in [3.63, 3.8) is 0 Å². The van der Waals surface area contributed by atoms with Crippen molar-refractivity contribution in [2.75, 3.05) is 23.1 Å². The molecule has 0 atom stereocenters. The second-order valence-corrected chi connectivity index (χ2v) is 9.38. The number of nitro groups is 1. The van der Waals surface area contributed by atoms with Crippen LogP contribution in [0.25, 0.3) is 0 Å². The molecule has 2 aromatic carbocycles. The lowest BCUT2D eigenvalue weighted by Crippen LogP contribution is -2.41. The number of nitrogens with one attached hydrogen (secondary N) is 1. The van der Waals surface area contributed by atoms with Gasteiger partial charge in [-0.3, -0.25) is 19.2 Å². The van der Waals surface area contributed by atoms with Crippen LogP contribution < -0.4 is 9.62 Å². The zero-order chi connectivity index (χ0) is 23.0. The van der Waals surface area contributed by atoms with E-state index in [1.807, 2.05) is 18.2 Å². The number of aromatic nitrogens is 1. The van der Waals surface area contributed by atoms with Gasteiger partial charge in [-0.15, -0.1) is 11.8 Å². The van der Waals surface area contributed by atoms with Crippen LogP contribution in [0.3, 0.4) is 0 Å². The molecule has 11 heteroatoms. The van der Waals surface area contributed by atoms with Gasteiger partial charge in [0, 0.05) is 24.6 Å². The third kappa shape index (κ3) is 5.83. The van der Waals surface area contributed by atoms with E-state index in [-0.39, 0.29) is 5.69 Å². The summed E-state index contributed by atoms with van der Waals surface area (Å²) >= 11 is 1.45. The fourth-order valence-corrected chi connectivity index (χ4v) is 5.12. The highest BCUT2D eigenvalue weighted by molar-refractivity contribution is 7.99. The van der Waals surface area contributed by atoms with E-state index in [0.29, 0.717) is 12.3 Å². The molecule has 1 aromatic heterocycles. The van der Waals surface area contributed by atoms with Gasteiger partial charge in [0.05, 0.1) is 15.6 Å². The number of benzene rings is 2. The molecule has 3 aromatic rings. The maximum absolute atomic E-state index is 13.3. The van der Waals surface area contributed by atoms with Crippen LogP contribution in [-0.2, 0) is 14.8 Å². The predicted octanol–water partition coefficient (Wildman–Crippen LogP) is 3.09. The Labute approximate surface area is 189 Å². The van der Waals surface area contributed by atoms with Crippen LogP contribution in [-0.4, -0.2) is 43.1 Å². The number of carbonyl (C=O) groups excluding carboxylic acids is 1. The van der Waals surface area contributed by atoms with Crippen molar-refractivity contribution in [2.24, 2.45) is 0 Å². The summed E-state index contributed by atoms with van der Waals surface area (Å²) in [5.41, 5.74) is -0.329. The van der Waals surface area contributed by atoms with Gasteiger partial charge in [0.25, 0.3) is 15.7 Å². The van der Waals surface area contributed by atoms with Crippen LogP contribution in [0.1, 0.15) is 0 Å². The fourth-order valence-electron chi connectivity index (χ4n) is 2.82. The van der Waals surface area contributed by atoms with Crippen molar-refractivity contribution in [3.05, 3.63) is 89.1 Å². The highest BCUT2D eigenvalue weighted by atomic mass is 32.2. The van der Waals surface area contributed by atoms with E-state index in [4.69, 9.17) is 0 Å². The summed E-state index contributed by atoms with van der Waals surface area (Å²) < 4.78 is 27.5. The first-order valence-electron chi connectivity index (χ1n) is 9.51. The second-order valence-electron chi connectivity index (χ2n) is 6.44. The summed E-state index contributed by atoms with van der Waals surface area (Å²) in [5.74, 6) is 0.0167. The molecule has 0 unspecified atom stereocenters. The van der Waals surface area contributed by atoms with Gasteiger partial charge in [0.15, 0.2) is 4.90 Å². The van der Waals surface area contributed by atoms with Gasteiger partial charge in [-0.1, -0.05) is 36.4 Å². The zero-order valence-electron chi connectivity index (χ0n) is 16.8. The Balaban J connectivity index is 1.77. The molecule has 0 radical (unpaired) electrons. The molecule has 1 N–H and O–H groups in total. The van der Waals surface area contributed by atoms with Gasteiger partial charge >= 0.3 is 0 Å². The average Bonchev–Trinajstić information content (AvgIpc) is 2.81. The number of pyridine rings is 1. The van der Waals surface area contributed by atoms with Crippen LogP contribution in [0.5, 0.6) is 0 Å². The van der Waals surface area contributed by atoms with E-state index in [2.05, 4.69) is 10.3 Å². The topological polar surface area (TPSA) is 123 Å². The summed E-state index contributed by atoms with van der Waals surface area (Å²) in [6.07, 6.45) is 1.67. The Bertz CT molecular complexity index is 1180. The van der Waals surface area contributed by atoms with Gasteiger partial charge in [0.1, 0.15) is 6.54 Å². The molecule has 0 spiro atoms. The Morgan fingerprint density at radius 1 is 1.03 bits per heavy atom. The Morgan fingerprint density at radius 3 is 2.41 bits per heavy atom. The molecular weight excluding hydrogens is 452 g/mol. The molecule has 1 amide bonds. The SMILES string of the molecule is O=C(CN(c1ccccc1)S(=O)(=O)c1ccccc1[N+](=O)[O-])NCCSc1ccccn1. The van der Waals surface area contributed by atoms with Crippen molar-refractivity contribution in [1.29, 1.82) is 0 Å². The van der Waals surface area contributed by atoms with Gasteiger partial charge in [-0.2, -0.15) is 0 Å². The number of hydrogen-bond acceptors (Lipinski definition) is 7. The van der Waals surface area contributed by atoms with E-state index < -0.39 is 38.0 Å². The van der Waals surface area contributed by atoms with E-state index in [1.165, 1.54) is 36.0 Å². The first-order valence-corrected chi connectivity index (χ1v) is 11.9. The number of carbonyl (C=O) groups is 1. The van der Waals surface area contributed by atoms with Crippen molar-refractivity contribution >= 4 is 39.1 Å². The van der Waals surface area contributed by atoms with E-state index in [0.717, 1.165) is 21.5 Å². The standard InChI is InChI=1S/C21H20N4O5S2/c26-20(22-14-15-31-21-12-6-7-13-23-21)16-24(17-8-2-1-3-9-17)32(29,30)19-11-5-4-10-18(19)25(27)28/h1-13H,14-16H2,(H,22,26). The van der Waals surface area contributed by atoms with Crippen molar-refractivity contribution in [1.82, 2.24) is 10.3 Å². The number of nitrogens with zero attached hydrogens (tertiary/aromatic N) is 3. The van der Waals surface area contributed by atoms with Crippen molar-refractivity contribution in [3.8, 4) is 0 Å². The summed E-state index contributed by atoms with van der Waals surface area (Å²) in [6, 6.07) is 18.6. The summed E-state index contributed by atoms with van der Waals surface area (Å²) in [7, 11) is -4.38. The molecule has 166 valence electrons. The minimum atomic E-state index is -4.38. The smallest absolute Gasteiger partial charge is 0.289 e. The van der Waals surface area contributed by atoms with Crippen LogP contribution >= 0.6 is 11.8 Å². The number of sulfonamides is 1. The minimum absolute atomic E-state index is 0.226. The lowest BCUT2D eigenvalue weighted by molar-refractivity contribution is -0.387. The number of rotatable bonds is 10. The molecule has 9 nitrogen and oxygen atoms in total. The largest absolute Gasteiger partial charge is 0.354 e. The lowest BCUT2D eigenvalue weighted by atomic mass is 10.3. The number of hydrogen-bond donors (Lipinski definition) is 1. The second kappa shape index (κ2) is 10.7. The Kier molecular flexibility index (Phi) is 7.79. The van der Waals surface area contributed by atoms with Gasteiger partial charge < -0.3 is 5.32 Å². The molecule has 32 heavy (non-hydrogen) atoms. The first kappa shape index (κ1) is 23.2. The van der Waals surface area contributed by atoms with Crippen molar-refractivity contribution < 1.29 is 18.1 Å². The molecule has 0 fully saturated rings. The van der Waals surface area contributed by atoms with E-state index in [1.54, 1.807) is 24.4 Å². The molecule has 0 aliphatic carbocycles. The zero-order valence-corrected chi connectivity index (χ0v) is 18.5. The summed E-state index contributed by atoms with van der Waals surface area (Å²) in [6.45, 7) is -0.221. The van der Waals surface area contributed by atoms with Crippen LogP contribution in [0.15, 0.2) is 88.9 Å². The molecule has 0 bridgehead atoms.